The summed E-state index contributed by atoms with van der Waals surface area (Å²) < 4.78 is 10.9. The molecule has 0 amide bonds. The molecular formula is C10H11BrO2. The van der Waals surface area contributed by atoms with E-state index in [4.69, 9.17) is 9.47 Å². The zero-order valence-electron chi connectivity index (χ0n) is 7.42. The monoisotopic (exact) mass is 242 g/mol. The SMILES string of the molecule is COc1cccc2c1OC(CBr)C2. The molecule has 1 aromatic carbocycles. The summed E-state index contributed by atoms with van der Waals surface area (Å²) in [7, 11) is 1.67. The van der Waals surface area contributed by atoms with Gasteiger partial charge in [-0.05, 0) is 6.07 Å². The second-order valence-electron chi connectivity index (χ2n) is 3.05. The van der Waals surface area contributed by atoms with E-state index in [2.05, 4.69) is 22.0 Å². The van der Waals surface area contributed by atoms with Gasteiger partial charge in [-0.15, -0.1) is 0 Å². The molecule has 0 saturated heterocycles. The van der Waals surface area contributed by atoms with Crippen LogP contribution in [0.2, 0.25) is 0 Å². The third kappa shape index (κ3) is 1.53. The largest absolute Gasteiger partial charge is 0.493 e. The lowest BCUT2D eigenvalue weighted by atomic mass is 10.1. The lowest BCUT2D eigenvalue weighted by Crippen LogP contribution is -2.13. The molecule has 1 aliphatic rings. The summed E-state index contributed by atoms with van der Waals surface area (Å²) in [5.74, 6) is 1.75. The van der Waals surface area contributed by atoms with E-state index in [0.717, 1.165) is 23.2 Å². The molecule has 2 nitrogen and oxygen atoms in total. The van der Waals surface area contributed by atoms with Gasteiger partial charge in [0.25, 0.3) is 0 Å². The molecule has 0 radical (unpaired) electrons. The van der Waals surface area contributed by atoms with Crippen molar-refractivity contribution in [3.05, 3.63) is 23.8 Å². The number of methoxy groups -OCH3 is 1. The number of para-hydroxylation sites is 1. The number of halogens is 1. The highest BCUT2D eigenvalue weighted by Crippen LogP contribution is 2.37. The highest BCUT2D eigenvalue weighted by Gasteiger charge is 2.24. The van der Waals surface area contributed by atoms with Gasteiger partial charge in [0.2, 0.25) is 0 Å². The van der Waals surface area contributed by atoms with Crippen LogP contribution < -0.4 is 9.47 Å². The number of rotatable bonds is 2. The van der Waals surface area contributed by atoms with Gasteiger partial charge >= 0.3 is 0 Å². The van der Waals surface area contributed by atoms with E-state index in [1.165, 1.54) is 5.56 Å². The van der Waals surface area contributed by atoms with Crippen LogP contribution in [0.1, 0.15) is 5.56 Å². The first-order chi connectivity index (χ1) is 6.35. The number of alkyl halides is 1. The van der Waals surface area contributed by atoms with Gasteiger partial charge in [-0.1, -0.05) is 28.1 Å². The van der Waals surface area contributed by atoms with Crippen molar-refractivity contribution >= 4 is 15.9 Å². The van der Waals surface area contributed by atoms with Crippen molar-refractivity contribution in [2.75, 3.05) is 12.4 Å². The van der Waals surface area contributed by atoms with Crippen molar-refractivity contribution in [1.82, 2.24) is 0 Å². The van der Waals surface area contributed by atoms with Gasteiger partial charge in [0.15, 0.2) is 11.5 Å². The van der Waals surface area contributed by atoms with Gasteiger partial charge in [0.05, 0.1) is 7.11 Å². The zero-order chi connectivity index (χ0) is 9.26. The first-order valence-corrected chi connectivity index (χ1v) is 5.35. The number of hydrogen-bond acceptors (Lipinski definition) is 2. The van der Waals surface area contributed by atoms with E-state index in [-0.39, 0.29) is 6.10 Å². The molecule has 1 unspecified atom stereocenters. The molecule has 0 N–H and O–H groups in total. The molecule has 0 fully saturated rings. The fraction of sp³-hybridized carbons (Fsp3) is 0.400. The quantitative estimate of drug-likeness (QED) is 0.742. The van der Waals surface area contributed by atoms with Crippen molar-refractivity contribution in [1.29, 1.82) is 0 Å². The van der Waals surface area contributed by atoms with Crippen molar-refractivity contribution in [3.63, 3.8) is 0 Å². The van der Waals surface area contributed by atoms with Crippen LogP contribution in [-0.4, -0.2) is 18.5 Å². The molecule has 1 aromatic rings. The van der Waals surface area contributed by atoms with Crippen LogP contribution in [-0.2, 0) is 6.42 Å². The highest BCUT2D eigenvalue weighted by atomic mass is 79.9. The predicted octanol–water partition coefficient (Wildman–Crippen LogP) is 2.39. The van der Waals surface area contributed by atoms with Gasteiger partial charge in [-0.25, -0.2) is 0 Å². The van der Waals surface area contributed by atoms with E-state index in [0.29, 0.717) is 0 Å². The Morgan fingerprint density at radius 2 is 2.46 bits per heavy atom. The summed E-state index contributed by atoms with van der Waals surface area (Å²) in [4.78, 5) is 0. The second kappa shape index (κ2) is 3.58. The van der Waals surface area contributed by atoms with E-state index in [1.54, 1.807) is 7.11 Å². The Bertz CT molecular complexity index is 312. The highest BCUT2D eigenvalue weighted by molar-refractivity contribution is 9.09. The number of benzene rings is 1. The van der Waals surface area contributed by atoms with Gasteiger partial charge in [0.1, 0.15) is 6.10 Å². The maximum atomic E-state index is 5.71. The van der Waals surface area contributed by atoms with Crippen molar-refractivity contribution in [2.24, 2.45) is 0 Å². The Morgan fingerprint density at radius 1 is 1.62 bits per heavy atom. The number of ether oxygens (including phenoxy) is 2. The topological polar surface area (TPSA) is 18.5 Å². The van der Waals surface area contributed by atoms with Crippen LogP contribution in [0, 0.1) is 0 Å². The van der Waals surface area contributed by atoms with Gasteiger partial charge in [0, 0.05) is 17.3 Å². The van der Waals surface area contributed by atoms with Crippen LogP contribution in [0.15, 0.2) is 18.2 Å². The van der Waals surface area contributed by atoms with Gasteiger partial charge in [-0.3, -0.25) is 0 Å². The molecule has 0 spiro atoms. The fourth-order valence-corrected chi connectivity index (χ4v) is 1.92. The molecule has 1 heterocycles. The standard InChI is InChI=1S/C10H11BrO2/c1-12-9-4-2-3-7-5-8(6-11)13-10(7)9/h2-4,8H,5-6H2,1H3. The molecule has 2 rings (SSSR count). The minimum Gasteiger partial charge on any atom is -0.493 e. The van der Waals surface area contributed by atoms with E-state index in [9.17, 15) is 0 Å². The third-order valence-electron chi connectivity index (χ3n) is 2.18. The number of fused-ring (bicyclic) bond motifs is 1. The summed E-state index contributed by atoms with van der Waals surface area (Å²) in [5.41, 5.74) is 1.24. The summed E-state index contributed by atoms with van der Waals surface area (Å²) in [6.45, 7) is 0. The normalized spacial score (nSPS) is 19.4. The zero-order valence-corrected chi connectivity index (χ0v) is 9.00. The summed E-state index contributed by atoms with van der Waals surface area (Å²) in [6.07, 6.45) is 1.23. The van der Waals surface area contributed by atoms with Crippen LogP contribution in [0.5, 0.6) is 11.5 Å². The molecule has 3 heteroatoms. The second-order valence-corrected chi connectivity index (χ2v) is 3.69. The Balaban J connectivity index is 2.33. The smallest absolute Gasteiger partial charge is 0.164 e. The van der Waals surface area contributed by atoms with E-state index >= 15 is 0 Å². The molecular weight excluding hydrogens is 232 g/mol. The fourth-order valence-electron chi connectivity index (χ4n) is 1.56. The average Bonchev–Trinajstić information content (AvgIpc) is 2.59. The Morgan fingerprint density at radius 3 is 3.15 bits per heavy atom. The predicted molar refractivity (Wildman–Crippen MR) is 54.9 cm³/mol. The van der Waals surface area contributed by atoms with Gasteiger partial charge < -0.3 is 9.47 Å². The maximum Gasteiger partial charge on any atom is 0.164 e. The molecule has 70 valence electrons. The van der Waals surface area contributed by atoms with Crippen LogP contribution in [0.25, 0.3) is 0 Å². The lowest BCUT2D eigenvalue weighted by molar-refractivity contribution is 0.249. The Kier molecular flexibility index (Phi) is 2.44. The molecule has 0 saturated carbocycles. The van der Waals surface area contributed by atoms with Crippen LogP contribution >= 0.6 is 15.9 Å². The lowest BCUT2D eigenvalue weighted by Gasteiger charge is -2.08. The first kappa shape index (κ1) is 8.88. The summed E-state index contributed by atoms with van der Waals surface area (Å²) >= 11 is 3.42. The maximum absolute atomic E-state index is 5.71. The molecule has 1 atom stereocenters. The van der Waals surface area contributed by atoms with Crippen molar-refractivity contribution < 1.29 is 9.47 Å². The Labute approximate surface area is 86.0 Å². The van der Waals surface area contributed by atoms with Crippen LogP contribution in [0.4, 0.5) is 0 Å². The first-order valence-electron chi connectivity index (χ1n) is 4.23. The molecule has 13 heavy (non-hydrogen) atoms. The molecule has 0 aromatic heterocycles. The molecule has 0 aliphatic carbocycles. The average molecular weight is 243 g/mol. The summed E-state index contributed by atoms with van der Waals surface area (Å²) in [5, 5.41) is 0.866. The summed E-state index contributed by atoms with van der Waals surface area (Å²) in [6, 6.07) is 6.01. The van der Waals surface area contributed by atoms with Gasteiger partial charge in [-0.2, -0.15) is 0 Å². The minimum absolute atomic E-state index is 0.256. The Hall–Kier alpha value is -0.700. The third-order valence-corrected chi connectivity index (χ3v) is 2.91. The minimum atomic E-state index is 0.256. The number of hydrogen-bond donors (Lipinski definition) is 0. The molecule has 0 bridgehead atoms. The van der Waals surface area contributed by atoms with Crippen molar-refractivity contribution in [3.8, 4) is 11.5 Å². The van der Waals surface area contributed by atoms with Crippen molar-refractivity contribution in [2.45, 2.75) is 12.5 Å². The molecule has 1 aliphatic heterocycles. The van der Waals surface area contributed by atoms with Crippen LogP contribution in [0.3, 0.4) is 0 Å². The van der Waals surface area contributed by atoms with E-state index < -0.39 is 0 Å². The van der Waals surface area contributed by atoms with E-state index in [1.807, 2.05) is 12.1 Å².